The van der Waals surface area contributed by atoms with Crippen LogP contribution in [0.4, 0.5) is 5.69 Å². The second-order valence-electron chi connectivity index (χ2n) is 4.08. The van der Waals surface area contributed by atoms with Crippen molar-refractivity contribution in [2.45, 2.75) is 26.2 Å². The van der Waals surface area contributed by atoms with Crippen LogP contribution < -0.4 is 5.32 Å². The van der Waals surface area contributed by atoms with Gasteiger partial charge in [-0.05, 0) is 18.6 Å². The lowest BCUT2D eigenvalue weighted by Crippen LogP contribution is -2.16. The summed E-state index contributed by atoms with van der Waals surface area (Å²) in [5.41, 5.74) is 0.966. The molecule has 1 rings (SSSR count). The fourth-order valence-corrected chi connectivity index (χ4v) is 1.62. The molecule has 20 heavy (non-hydrogen) atoms. The second kappa shape index (κ2) is 7.93. The molecule has 0 saturated carbocycles. The maximum atomic E-state index is 11.7. The molecule has 1 amide bonds. The van der Waals surface area contributed by atoms with Crippen LogP contribution in [0.3, 0.4) is 0 Å². The molecule has 0 atom stereocenters. The fraction of sp³-hybridized carbons (Fsp3) is 0.357. The third kappa shape index (κ3) is 5.51. The van der Waals surface area contributed by atoms with Gasteiger partial charge < -0.3 is 15.2 Å². The zero-order valence-corrected chi connectivity index (χ0v) is 11.2. The Morgan fingerprint density at radius 1 is 1.20 bits per heavy atom. The third-order valence-corrected chi connectivity index (χ3v) is 2.49. The van der Waals surface area contributed by atoms with E-state index in [1.54, 1.807) is 31.2 Å². The van der Waals surface area contributed by atoms with E-state index in [2.05, 4.69) is 5.32 Å². The molecule has 6 heteroatoms. The van der Waals surface area contributed by atoms with Gasteiger partial charge in [0.1, 0.15) is 0 Å². The van der Waals surface area contributed by atoms with Crippen molar-refractivity contribution in [3.05, 3.63) is 29.8 Å². The average molecular weight is 279 g/mol. The number of carbonyl (C=O) groups excluding carboxylic acids is 2. The summed E-state index contributed by atoms with van der Waals surface area (Å²) in [6, 6.07) is 6.66. The van der Waals surface area contributed by atoms with Crippen LogP contribution in [0.25, 0.3) is 0 Å². The molecule has 0 aliphatic carbocycles. The zero-order valence-electron chi connectivity index (χ0n) is 11.2. The largest absolute Gasteiger partial charge is 0.481 e. The van der Waals surface area contributed by atoms with Crippen molar-refractivity contribution in [3.63, 3.8) is 0 Å². The molecule has 0 spiro atoms. The van der Waals surface area contributed by atoms with E-state index < -0.39 is 11.9 Å². The number of hydrogen-bond acceptors (Lipinski definition) is 4. The van der Waals surface area contributed by atoms with Gasteiger partial charge in [-0.3, -0.25) is 14.4 Å². The van der Waals surface area contributed by atoms with Crippen LogP contribution in [0.15, 0.2) is 24.3 Å². The number of esters is 1. The average Bonchev–Trinajstić information content (AvgIpc) is 2.38. The summed E-state index contributed by atoms with van der Waals surface area (Å²) in [5.74, 6) is -1.75. The van der Waals surface area contributed by atoms with Crippen LogP contribution in [0.1, 0.15) is 25.3 Å². The van der Waals surface area contributed by atoms with E-state index >= 15 is 0 Å². The van der Waals surface area contributed by atoms with Crippen molar-refractivity contribution in [2.75, 3.05) is 11.9 Å². The number of benzene rings is 1. The van der Waals surface area contributed by atoms with Crippen molar-refractivity contribution >= 4 is 23.5 Å². The first-order valence-corrected chi connectivity index (χ1v) is 6.28. The molecule has 0 fully saturated rings. The standard InChI is InChI=1S/C14H17NO5/c1-2-20-14(19)8-7-12(16)15-11-6-4-3-5-10(11)9-13(17)18/h3-6H,2,7-9H2,1H3,(H,15,16)(H,17,18). The van der Waals surface area contributed by atoms with E-state index in [0.29, 0.717) is 11.3 Å². The summed E-state index contributed by atoms with van der Waals surface area (Å²) < 4.78 is 4.72. The molecule has 1 aromatic carbocycles. The Hall–Kier alpha value is -2.37. The van der Waals surface area contributed by atoms with Gasteiger partial charge in [0.05, 0.1) is 19.4 Å². The minimum atomic E-state index is -0.974. The number of anilines is 1. The predicted molar refractivity (Wildman–Crippen MR) is 72.3 cm³/mol. The lowest BCUT2D eigenvalue weighted by Gasteiger charge is -2.09. The number of hydrogen-bond donors (Lipinski definition) is 2. The van der Waals surface area contributed by atoms with Crippen molar-refractivity contribution in [3.8, 4) is 0 Å². The first kappa shape index (κ1) is 15.7. The highest BCUT2D eigenvalue weighted by Gasteiger charge is 2.11. The summed E-state index contributed by atoms with van der Waals surface area (Å²) in [7, 11) is 0. The van der Waals surface area contributed by atoms with Crippen molar-refractivity contribution < 1.29 is 24.2 Å². The summed E-state index contributed by atoms with van der Waals surface area (Å²) in [6.45, 7) is 1.97. The van der Waals surface area contributed by atoms with Gasteiger partial charge in [-0.2, -0.15) is 0 Å². The van der Waals surface area contributed by atoms with Crippen molar-refractivity contribution in [2.24, 2.45) is 0 Å². The maximum Gasteiger partial charge on any atom is 0.307 e. The van der Waals surface area contributed by atoms with E-state index in [0.717, 1.165) is 0 Å². The number of nitrogens with one attached hydrogen (secondary N) is 1. The van der Waals surface area contributed by atoms with E-state index in [4.69, 9.17) is 9.84 Å². The van der Waals surface area contributed by atoms with E-state index in [9.17, 15) is 14.4 Å². The number of carboxylic acid groups (broad SMARTS) is 1. The van der Waals surface area contributed by atoms with Gasteiger partial charge in [0, 0.05) is 12.1 Å². The van der Waals surface area contributed by atoms with Crippen LogP contribution in [-0.2, 0) is 25.5 Å². The molecule has 0 saturated heterocycles. The Bertz CT molecular complexity index is 498. The molecule has 0 heterocycles. The monoisotopic (exact) mass is 279 g/mol. The van der Waals surface area contributed by atoms with E-state index in [1.165, 1.54) is 0 Å². The number of aliphatic carboxylic acids is 1. The molecule has 2 N–H and O–H groups in total. The van der Waals surface area contributed by atoms with E-state index in [1.807, 2.05) is 0 Å². The molecular formula is C14H17NO5. The van der Waals surface area contributed by atoms with Gasteiger partial charge in [-0.25, -0.2) is 0 Å². The van der Waals surface area contributed by atoms with Crippen LogP contribution in [0.2, 0.25) is 0 Å². The van der Waals surface area contributed by atoms with Crippen LogP contribution in [0, 0.1) is 0 Å². The Morgan fingerprint density at radius 2 is 1.90 bits per heavy atom. The minimum Gasteiger partial charge on any atom is -0.481 e. The Balaban J connectivity index is 2.57. The number of carboxylic acids is 1. The maximum absolute atomic E-state index is 11.7. The molecule has 1 aromatic rings. The number of ether oxygens (including phenoxy) is 1. The van der Waals surface area contributed by atoms with Gasteiger partial charge in [0.15, 0.2) is 0 Å². The summed E-state index contributed by atoms with van der Waals surface area (Å²) in [6.07, 6.45) is -0.171. The Labute approximate surface area is 116 Å². The van der Waals surface area contributed by atoms with E-state index in [-0.39, 0.29) is 31.8 Å². The number of carbonyl (C=O) groups is 3. The lowest BCUT2D eigenvalue weighted by atomic mass is 10.1. The molecule has 0 aliphatic rings. The highest BCUT2D eigenvalue weighted by atomic mass is 16.5. The molecule has 108 valence electrons. The number of rotatable bonds is 7. The number of para-hydroxylation sites is 1. The molecule has 0 aliphatic heterocycles. The SMILES string of the molecule is CCOC(=O)CCC(=O)Nc1ccccc1CC(=O)O. The van der Waals surface area contributed by atoms with Crippen molar-refractivity contribution in [1.29, 1.82) is 0 Å². The first-order chi connectivity index (χ1) is 9.52. The van der Waals surface area contributed by atoms with Crippen molar-refractivity contribution in [1.82, 2.24) is 0 Å². The smallest absolute Gasteiger partial charge is 0.307 e. The highest BCUT2D eigenvalue weighted by Crippen LogP contribution is 2.16. The number of amides is 1. The molecule has 0 radical (unpaired) electrons. The Kier molecular flexibility index (Phi) is 6.22. The zero-order chi connectivity index (χ0) is 15.0. The topological polar surface area (TPSA) is 92.7 Å². The van der Waals surface area contributed by atoms with Gasteiger partial charge >= 0.3 is 11.9 Å². The van der Waals surface area contributed by atoms with Gasteiger partial charge in [0.2, 0.25) is 5.91 Å². The summed E-state index contributed by atoms with van der Waals surface area (Å²) >= 11 is 0. The quantitative estimate of drug-likeness (QED) is 0.739. The normalized spacial score (nSPS) is 9.85. The highest BCUT2D eigenvalue weighted by molar-refractivity contribution is 5.93. The minimum absolute atomic E-state index is 0.000237. The summed E-state index contributed by atoms with van der Waals surface area (Å²) in [4.78, 5) is 33.5. The predicted octanol–water partition coefficient (Wildman–Crippen LogP) is 1.60. The Morgan fingerprint density at radius 3 is 2.55 bits per heavy atom. The molecular weight excluding hydrogens is 262 g/mol. The van der Waals surface area contributed by atoms with Gasteiger partial charge in [0.25, 0.3) is 0 Å². The van der Waals surface area contributed by atoms with Crippen LogP contribution in [0.5, 0.6) is 0 Å². The lowest BCUT2D eigenvalue weighted by molar-refractivity contribution is -0.144. The molecule has 0 aromatic heterocycles. The second-order valence-corrected chi connectivity index (χ2v) is 4.08. The summed E-state index contributed by atoms with van der Waals surface area (Å²) in [5, 5.41) is 11.4. The van der Waals surface area contributed by atoms with Gasteiger partial charge in [-0.15, -0.1) is 0 Å². The van der Waals surface area contributed by atoms with Gasteiger partial charge in [-0.1, -0.05) is 18.2 Å². The molecule has 0 bridgehead atoms. The third-order valence-electron chi connectivity index (χ3n) is 2.49. The molecule has 6 nitrogen and oxygen atoms in total. The first-order valence-electron chi connectivity index (χ1n) is 6.28. The molecule has 0 unspecified atom stereocenters. The van der Waals surface area contributed by atoms with Crippen LogP contribution >= 0.6 is 0 Å². The fourth-order valence-electron chi connectivity index (χ4n) is 1.62. The van der Waals surface area contributed by atoms with Crippen LogP contribution in [-0.4, -0.2) is 29.6 Å².